The normalized spacial score (nSPS) is 28.0. The van der Waals surface area contributed by atoms with Crippen molar-refractivity contribution >= 4 is 10.2 Å². The quantitative estimate of drug-likeness (QED) is 0.303. The van der Waals surface area contributed by atoms with Crippen molar-refractivity contribution in [2.75, 3.05) is 6.26 Å². The predicted octanol–water partition coefficient (Wildman–Crippen LogP) is 7.04. The van der Waals surface area contributed by atoms with Crippen LogP contribution in [0, 0.1) is 16.7 Å². The van der Waals surface area contributed by atoms with Crippen LogP contribution in [0.2, 0.25) is 0 Å². The van der Waals surface area contributed by atoms with Crippen molar-refractivity contribution in [3.8, 4) is 0 Å². The molecule has 154 valence electrons. The summed E-state index contributed by atoms with van der Waals surface area (Å²) in [6.45, 7) is 20.4. The fraction of sp³-hybridized carbons (Fsp3) is 0.333. The van der Waals surface area contributed by atoms with E-state index >= 15 is 0 Å². The predicted molar refractivity (Wildman–Crippen MR) is 126 cm³/mol. The van der Waals surface area contributed by atoms with E-state index in [2.05, 4.69) is 43.9 Å². The number of allylic oxidation sites excluding steroid dienone is 8. The molecule has 0 aromatic rings. The zero-order chi connectivity index (χ0) is 21.3. The molecular weight excluding hydrogens is 378 g/mol. The topological polar surface area (TPSA) is 35.9 Å². The van der Waals surface area contributed by atoms with Gasteiger partial charge in [-0.05, 0) is 61.2 Å². The van der Waals surface area contributed by atoms with Crippen molar-refractivity contribution in [2.24, 2.45) is 16.4 Å². The van der Waals surface area contributed by atoms with Crippen LogP contribution >= 0.6 is 10.2 Å². The van der Waals surface area contributed by atoms with Gasteiger partial charge in [0, 0.05) is 39.5 Å². The molecule has 0 saturated heterocycles. The maximum Gasteiger partial charge on any atom is 0.114 e. The molecule has 1 aliphatic carbocycles. The van der Waals surface area contributed by atoms with Gasteiger partial charge in [-0.2, -0.15) is 0 Å². The second kappa shape index (κ2) is 8.07. The molecule has 1 saturated carbocycles. The molecule has 0 aromatic heterocycles. The summed E-state index contributed by atoms with van der Waals surface area (Å²) in [5.74, 6) is 1.59. The minimum absolute atomic E-state index is 0.216. The van der Waals surface area contributed by atoms with E-state index in [1.807, 2.05) is 47.5 Å². The highest BCUT2D eigenvalue weighted by Gasteiger charge is 2.51. The Hall–Kier alpha value is -2.53. The Labute approximate surface area is 176 Å². The average molecular weight is 410 g/mol. The van der Waals surface area contributed by atoms with Crippen LogP contribution in [0.4, 0.5) is 0 Å². The number of nitrogens with zero attached hydrogens (tertiary/aromatic N) is 3. The molecule has 5 heteroatoms. The largest absolute Gasteiger partial charge is 0.306 e. The molecule has 2 aliphatic heterocycles. The molecule has 2 unspecified atom stereocenters. The lowest BCUT2D eigenvalue weighted by Crippen LogP contribution is -2.24. The Morgan fingerprint density at radius 1 is 1.34 bits per heavy atom. The molecule has 3 aliphatic rings. The Morgan fingerprint density at radius 3 is 2.52 bits per heavy atom. The molecular formula is C24H31N3OS. The zero-order valence-electron chi connectivity index (χ0n) is 17.7. The highest BCUT2D eigenvalue weighted by atomic mass is 32.3. The van der Waals surface area contributed by atoms with E-state index in [4.69, 9.17) is 0 Å². The van der Waals surface area contributed by atoms with Crippen molar-refractivity contribution in [3.05, 3.63) is 101 Å². The highest BCUT2D eigenvalue weighted by molar-refractivity contribution is 8.43. The van der Waals surface area contributed by atoms with Gasteiger partial charge in [-0.15, -0.1) is 4.91 Å². The summed E-state index contributed by atoms with van der Waals surface area (Å²) >= 11 is 0. The van der Waals surface area contributed by atoms with E-state index in [1.165, 1.54) is 29.1 Å². The fourth-order valence-corrected chi connectivity index (χ4v) is 6.56. The second-order valence-electron chi connectivity index (χ2n) is 7.88. The van der Waals surface area contributed by atoms with Gasteiger partial charge in [0.1, 0.15) is 5.82 Å². The molecule has 0 aromatic carbocycles. The summed E-state index contributed by atoms with van der Waals surface area (Å²) in [5.41, 5.74) is 3.01. The third-order valence-corrected chi connectivity index (χ3v) is 9.17. The summed E-state index contributed by atoms with van der Waals surface area (Å²) in [5, 5.41) is 0. The van der Waals surface area contributed by atoms with Gasteiger partial charge in [0.2, 0.25) is 0 Å². The lowest BCUT2D eigenvalue weighted by molar-refractivity contribution is 0.266. The number of hydrogen-bond donors (Lipinski definition) is 0. The molecule has 2 atom stereocenters. The monoisotopic (exact) mass is 409 g/mol. The first-order valence-electron chi connectivity index (χ1n) is 9.91. The fourth-order valence-electron chi connectivity index (χ4n) is 4.19. The van der Waals surface area contributed by atoms with Crippen molar-refractivity contribution in [1.29, 1.82) is 0 Å². The minimum Gasteiger partial charge on any atom is -0.306 e. The Kier molecular flexibility index (Phi) is 5.90. The summed E-state index contributed by atoms with van der Waals surface area (Å²) in [6, 6.07) is 0. The van der Waals surface area contributed by atoms with E-state index < -0.39 is 10.2 Å². The number of rotatable bonds is 9. The van der Waals surface area contributed by atoms with E-state index in [0.29, 0.717) is 5.92 Å². The van der Waals surface area contributed by atoms with Gasteiger partial charge in [0.15, 0.2) is 0 Å². The molecule has 0 radical (unpaired) electrons. The van der Waals surface area contributed by atoms with Gasteiger partial charge in [-0.3, -0.25) is 0 Å². The van der Waals surface area contributed by atoms with E-state index in [-0.39, 0.29) is 5.92 Å². The van der Waals surface area contributed by atoms with Gasteiger partial charge in [-0.25, -0.2) is 0 Å². The summed E-state index contributed by atoms with van der Waals surface area (Å²) in [7, 11) is -1.59. The van der Waals surface area contributed by atoms with Crippen molar-refractivity contribution in [2.45, 2.75) is 33.1 Å². The van der Waals surface area contributed by atoms with E-state index in [0.717, 1.165) is 22.8 Å². The van der Waals surface area contributed by atoms with Crippen molar-refractivity contribution in [3.63, 3.8) is 0 Å². The molecule has 4 nitrogen and oxygen atoms in total. The SMILES string of the molecule is C=C/C=C\N1C(=C)N(C(=C)/C=C(\C=C)C(C2=C(C)S2(C)N=O)C2CCC2)C=C1C. The average Bonchev–Trinajstić information content (AvgIpc) is 3.07. The lowest BCUT2D eigenvalue weighted by Gasteiger charge is -2.35. The first kappa shape index (κ1) is 21.2. The standard InChI is InChI=1S/C24H31N3OS/c1-8-10-14-26-18(4)16-27(20(26)6)17(3)15-21(9-2)23(22-12-11-13-22)24-19(5)29(24,7)25-28/h8-10,14-16,22-23H,1-3,6,11-13H2,4-5,7H3/b14-10-,21-15+. The first-order valence-corrected chi connectivity index (χ1v) is 11.9. The van der Waals surface area contributed by atoms with Crippen LogP contribution < -0.4 is 0 Å². The van der Waals surface area contributed by atoms with Gasteiger partial charge in [-0.1, -0.05) is 55.1 Å². The lowest BCUT2D eigenvalue weighted by atomic mass is 9.72. The molecule has 0 N–H and O–H groups in total. The number of nitroso groups, excluding NO2 is 1. The van der Waals surface area contributed by atoms with Gasteiger partial charge in [0.05, 0.1) is 0 Å². The van der Waals surface area contributed by atoms with Crippen LogP contribution in [0.1, 0.15) is 33.1 Å². The highest BCUT2D eigenvalue weighted by Crippen LogP contribution is 2.79. The molecule has 0 spiro atoms. The van der Waals surface area contributed by atoms with Crippen LogP contribution in [0.15, 0.2) is 100 Å². The second-order valence-corrected chi connectivity index (χ2v) is 10.8. The Balaban J connectivity index is 1.88. The molecule has 0 bridgehead atoms. The first-order chi connectivity index (χ1) is 13.8. The minimum atomic E-state index is -1.59. The van der Waals surface area contributed by atoms with Crippen molar-refractivity contribution < 1.29 is 0 Å². The third kappa shape index (κ3) is 3.60. The summed E-state index contributed by atoms with van der Waals surface area (Å²) in [6.07, 6.45) is 17.2. The van der Waals surface area contributed by atoms with E-state index in [1.54, 1.807) is 6.08 Å². The zero-order valence-corrected chi connectivity index (χ0v) is 18.5. The van der Waals surface area contributed by atoms with Crippen LogP contribution in [0.3, 0.4) is 0 Å². The third-order valence-electron chi connectivity index (χ3n) is 6.24. The maximum absolute atomic E-state index is 11.5. The van der Waals surface area contributed by atoms with Crippen LogP contribution in [-0.4, -0.2) is 16.1 Å². The van der Waals surface area contributed by atoms with Gasteiger partial charge in [0.25, 0.3) is 0 Å². The van der Waals surface area contributed by atoms with Crippen LogP contribution in [0.25, 0.3) is 0 Å². The summed E-state index contributed by atoms with van der Waals surface area (Å²) in [4.78, 5) is 17.9. The molecule has 1 fully saturated rings. The van der Waals surface area contributed by atoms with Crippen LogP contribution in [-0.2, 0) is 0 Å². The van der Waals surface area contributed by atoms with Crippen LogP contribution in [0.5, 0.6) is 0 Å². The Morgan fingerprint density at radius 2 is 2.03 bits per heavy atom. The molecule has 2 heterocycles. The smallest absolute Gasteiger partial charge is 0.114 e. The molecule has 0 amide bonds. The molecule has 3 rings (SSSR count). The van der Waals surface area contributed by atoms with Gasteiger partial charge >= 0.3 is 0 Å². The number of hydrogen-bond acceptors (Lipinski definition) is 4. The maximum atomic E-state index is 11.5. The molecule has 29 heavy (non-hydrogen) atoms. The summed E-state index contributed by atoms with van der Waals surface area (Å²) < 4.78 is 3.51. The Bertz CT molecular complexity index is 903. The van der Waals surface area contributed by atoms with Crippen molar-refractivity contribution in [1.82, 2.24) is 9.80 Å². The van der Waals surface area contributed by atoms with E-state index in [9.17, 15) is 4.91 Å². The van der Waals surface area contributed by atoms with Gasteiger partial charge < -0.3 is 9.80 Å².